The Hall–Kier alpha value is -1.87. The summed E-state index contributed by atoms with van der Waals surface area (Å²) >= 11 is 0. The van der Waals surface area contributed by atoms with E-state index in [4.69, 9.17) is 0 Å². The summed E-state index contributed by atoms with van der Waals surface area (Å²) in [4.78, 5) is 7.04. The lowest BCUT2D eigenvalue weighted by Crippen LogP contribution is -2.28. The van der Waals surface area contributed by atoms with Gasteiger partial charge in [-0.2, -0.15) is 0 Å². The van der Waals surface area contributed by atoms with Gasteiger partial charge in [0.05, 0.1) is 11.0 Å². The maximum atomic E-state index is 4.62. The highest BCUT2D eigenvalue weighted by molar-refractivity contribution is 5.95. The molecule has 0 aliphatic heterocycles. The van der Waals surface area contributed by atoms with Gasteiger partial charge in [-0.15, -0.1) is 0 Å². The molecule has 0 unspecified atom stereocenters. The minimum atomic E-state index is 0.570. The highest BCUT2D eigenvalue weighted by atomic mass is 15.1. The molecule has 0 saturated heterocycles. The molecule has 2 heterocycles. The monoisotopic (exact) mass is 323 g/mol. The molecular formula is C21H29N3. The van der Waals surface area contributed by atoms with Crippen LogP contribution in [0.25, 0.3) is 16.4 Å². The minimum absolute atomic E-state index is 0.570. The largest absolute Gasteiger partial charge is 0.304 e. The van der Waals surface area contributed by atoms with Crippen LogP contribution in [-0.4, -0.2) is 33.9 Å². The van der Waals surface area contributed by atoms with Gasteiger partial charge >= 0.3 is 0 Å². The van der Waals surface area contributed by atoms with Gasteiger partial charge in [0.15, 0.2) is 0 Å². The van der Waals surface area contributed by atoms with Crippen LogP contribution in [0, 0.1) is 13.8 Å². The molecule has 3 heteroatoms. The zero-order chi connectivity index (χ0) is 17.4. The Morgan fingerprint density at radius 2 is 1.92 bits per heavy atom. The Morgan fingerprint density at radius 3 is 2.58 bits per heavy atom. The van der Waals surface area contributed by atoms with E-state index in [1.54, 1.807) is 0 Å². The summed E-state index contributed by atoms with van der Waals surface area (Å²) in [7, 11) is 2.21. The molecule has 1 aromatic carbocycles. The van der Waals surface area contributed by atoms with Crippen LogP contribution in [0.5, 0.6) is 0 Å². The molecule has 2 aromatic heterocycles. The van der Waals surface area contributed by atoms with Gasteiger partial charge in [-0.1, -0.05) is 25.1 Å². The lowest BCUT2D eigenvalue weighted by molar-refractivity contribution is 0.278. The molecule has 0 atom stereocenters. The van der Waals surface area contributed by atoms with Gasteiger partial charge in [0.1, 0.15) is 5.82 Å². The summed E-state index contributed by atoms with van der Waals surface area (Å²) in [5.41, 5.74) is 6.85. The van der Waals surface area contributed by atoms with Crippen molar-refractivity contribution < 1.29 is 0 Å². The number of likely N-dealkylation sites (N-methyl/N-ethyl adjacent to an activating group) is 1. The fourth-order valence-electron chi connectivity index (χ4n) is 3.61. The van der Waals surface area contributed by atoms with Crippen molar-refractivity contribution >= 4 is 16.4 Å². The summed E-state index contributed by atoms with van der Waals surface area (Å²) in [5.74, 6) is 1.07. The fraction of sp³-hybridized carbons (Fsp3) is 0.476. The van der Waals surface area contributed by atoms with Crippen molar-refractivity contribution in [3.63, 3.8) is 0 Å². The van der Waals surface area contributed by atoms with Gasteiger partial charge in [0.2, 0.25) is 0 Å². The number of fused-ring (bicyclic) bond motifs is 3. The molecule has 0 aliphatic rings. The fourth-order valence-corrected chi connectivity index (χ4v) is 3.61. The van der Waals surface area contributed by atoms with Crippen molar-refractivity contribution in [3.05, 3.63) is 46.9 Å². The lowest BCUT2D eigenvalue weighted by Gasteiger charge is -2.20. The number of hydrogen-bond donors (Lipinski definition) is 0. The highest BCUT2D eigenvalue weighted by Crippen LogP contribution is 2.32. The maximum absolute atomic E-state index is 4.62. The molecule has 0 fully saturated rings. The minimum Gasteiger partial charge on any atom is -0.304 e. The van der Waals surface area contributed by atoms with E-state index < -0.39 is 0 Å². The first-order valence-electron chi connectivity index (χ1n) is 9.03. The van der Waals surface area contributed by atoms with Crippen molar-refractivity contribution in [1.82, 2.24) is 14.3 Å². The van der Waals surface area contributed by atoms with E-state index in [0.717, 1.165) is 25.2 Å². The summed E-state index contributed by atoms with van der Waals surface area (Å²) in [5, 5.41) is 1.39. The van der Waals surface area contributed by atoms with Gasteiger partial charge in [-0.25, -0.2) is 4.98 Å². The summed E-state index contributed by atoms with van der Waals surface area (Å²) in [6, 6.07) is 7.31. The van der Waals surface area contributed by atoms with Crippen molar-refractivity contribution in [1.29, 1.82) is 0 Å². The van der Waals surface area contributed by atoms with Crippen molar-refractivity contribution in [2.75, 3.05) is 13.6 Å². The van der Waals surface area contributed by atoms with Crippen LogP contribution in [0.2, 0.25) is 0 Å². The van der Waals surface area contributed by atoms with Crippen molar-refractivity contribution in [2.45, 2.75) is 53.5 Å². The quantitative estimate of drug-likeness (QED) is 0.686. The molecule has 0 saturated carbocycles. The van der Waals surface area contributed by atoms with Crippen molar-refractivity contribution in [2.24, 2.45) is 0 Å². The van der Waals surface area contributed by atoms with E-state index in [-0.39, 0.29) is 0 Å². The number of benzene rings is 1. The normalized spacial score (nSPS) is 12.2. The van der Waals surface area contributed by atoms with E-state index in [1.807, 2.05) is 6.20 Å². The summed E-state index contributed by atoms with van der Waals surface area (Å²) in [6.45, 7) is 12.1. The zero-order valence-corrected chi connectivity index (χ0v) is 15.8. The van der Waals surface area contributed by atoms with E-state index in [1.165, 1.54) is 33.1 Å². The van der Waals surface area contributed by atoms with Crippen LogP contribution in [0.4, 0.5) is 0 Å². The lowest BCUT2D eigenvalue weighted by atomic mass is 10.0. The summed E-state index contributed by atoms with van der Waals surface area (Å²) in [6.07, 6.45) is 4.13. The molecule has 128 valence electrons. The molecule has 3 aromatic rings. The van der Waals surface area contributed by atoms with Crippen LogP contribution >= 0.6 is 0 Å². The third-order valence-electron chi connectivity index (χ3n) is 5.30. The number of aromatic nitrogens is 2. The first kappa shape index (κ1) is 17.0. The van der Waals surface area contributed by atoms with E-state index in [2.05, 4.69) is 74.2 Å². The third-order valence-corrected chi connectivity index (χ3v) is 5.30. The second-order valence-corrected chi connectivity index (χ2v) is 7.14. The van der Waals surface area contributed by atoms with Gasteiger partial charge in [0.25, 0.3) is 0 Å². The Kier molecular flexibility index (Phi) is 4.64. The second-order valence-electron chi connectivity index (χ2n) is 7.14. The Morgan fingerprint density at radius 1 is 1.17 bits per heavy atom. The molecule has 0 N–H and O–H groups in total. The van der Waals surface area contributed by atoms with Crippen molar-refractivity contribution in [3.8, 4) is 0 Å². The predicted octanol–water partition coefficient (Wildman–Crippen LogP) is 4.55. The first-order valence-corrected chi connectivity index (χ1v) is 9.03. The smallest absolute Gasteiger partial charge is 0.110 e. The molecule has 0 radical (unpaired) electrons. The Labute approximate surface area is 145 Å². The molecule has 0 bridgehead atoms. The van der Waals surface area contributed by atoms with Crippen LogP contribution < -0.4 is 0 Å². The number of rotatable bonds is 5. The number of nitrogens with zero attached hydrogens (tertiary/aromatic N) is 3. The van der Waals surface area contributed by atoms with E-state index in [9.17, 15) is 0 Å². The van der Waals surface area contributed by atoms with E-state index in [0.29, 0.717) is 6.04 Å². The van der Waals surface area contributed by atoms with Gasteiger partial charge < -0.3 is 4.90 Å². The zero-order valence-electron chi connectivity index (χ0n) is 15.8. The van der Waals surface area contributed by atoms with Gasteiger partial charge in [-0.3, -0.25) is 4.40 Å². The van der Waals surface area contributed by atoms with Crippen LogP contribution in [0.3, 0.4) is 0 Å². The Balaban J connectivity index is 2.28. The molecule has 0 aliphatic carbocycles. The van der Waals surface area contributed by atoms with Crippen LogP contribution in [-0.2, 0) is 12.8 Å². The molecule has 0 spiro atoms. The van der Waals surface area contributed by atoms with Gasteiger partial charge in [-0.05, 0) is 64.3 Å². The molecule has 0 amide bonds. The van der Waals surface area contributed by atoms with Crippen LogP contribution in [0.15, 0.2) is 24.4 Å². The number of aryl methyl sites for hydroxylation is 3. The summed E-state index contributed by atoms with van der Waals surface area (Å²) < 4.78 is 2.38. The average Bonchev–Trinajstić information content (AvgIpc) is 2.91. The maximum Gasteiger partial charge on any atom is 0.110 e. The SMILES string of the molecule is CCc1cccc2c(CCN(C)C(C)C)c3c(C)cnc(C)n3c12. The molecule has 3 rings (SSSR count). The Bertz CT molecular complexity index is 874. The third kappa shape index (κ3) is 2.71. The first-order chi connectivity index (χ1) is 11.5. The standard InChI is InChI=1S/C21H29N3/c1-7-17-9-8-10-18-19(11-12-23(6)14(2)3)20-15(4)13-22-16(5)24(20)21(17)18/h8-10,13-14H,7,11-12H2,1-6H3. The number of hydrogen-bond acceptors (Lipinski definition) is 2. The number of para-hydroxylation sites is 1. The van der Waals surface area contributed by atoms with Crippen LogP contribution in [0.1, 0.15) is 43.3 Å². The second kappa shape index (κ2) is 6.56. The average molecular weight is 323 g/mol. The van der Waals surface area contributed by atoms with E-state index >= 15 is 0 Å². The highest BCUT2D eigenvalue weighted by Gasteiger charge is 2.18. The predicted molar refractivity (Wildman–Crippen MR) is 103 cm³/mol. The van der Waals surface area contributed by atoms with Gasteiger partial charge in [0, 0.05) is 24.2 Å². The molecule has 24 heavy (non-hydrogen) atoms. The topological polar surface area (TPSA) is 20.5 Å². The molecule has 3 nitrogen and oxygen atoms in total. The molecular weight excluding hydrogens is 294 g/mol.